The van der Waals surface area contributed by atoms with Gasteiger partial charge in [0.1, 0.15) is 0 Å². The number of hydrogen-bond donors (Lipinski definition) is 1. The molecule has 0 aliphatic rings. The molecule has 0 saturated heterocycles. The maximum atomic E-state index is 12.1. The molecule has 0 bridgehead atoms. The van der Waals surface area contributed by atoms with Crippen LogP contribution >= 0.6 is 0 Å². The minimum absolute atomic E-state index is 0.0675. The number of amides is 2. The number of ether oxygens (including phenoxy) is 1. The van der Waals surface area contributed by atoms with Gasteiger partial charge < -0.3 is 15.0 Å². The Balaban J connectivity index is 2.33. The summed E-state index contributed by atoms with van der Waals surface area (Å²) in [5.74, 6) is -0.207. The van der Waals surface area contributed by atoms with Crippen LogP contribution in [0.25, 0.3) is 0 Å². The summed E-state index contributed by atoms with van der Waals surface area (Å²) in [6, 6.07) is 8.10. The van der Waals surface area contributed by atoms with E-state index >= 15 is 0 Å². The number of esters is 1. The van der Waals surface area contributed by atoms with Gasteiger partial charge in [0.2, 0.25) is 0 Å². The van der Waals surface area contributed by atoms with Crippen molar-refractivity contribution in [2.75, 3.05) is 20.2 Å². The standard InChI is InChI=1S/C17H26N2O3/c1-4-19(13-15-9-7-8-14(2)12-15)17(21)18-11-6-5-10-16(20)22-3/h7-9,12H,4-6,10-11,13H2,1-3H3,(H,18,21). The van der Waals surface area contributed by atoms with Crippen molar-refractivity contribution >= 4 is 12.0 Å². The molecule has 0 heterocycles. The van der Waals surface area contributed by atoms with Crippen molar-refractivity contribution in [3.63, 3.8) is 0 Å². The summed E-state index contributed by atoms with van der Waals surface area (Å²) in [7, 11) is 1.38. The molecule has 1 aromatic rings. The lowest BCUT2D eigenvalue weighted by molar-refractivity contribution is -0.140. The highest BCUT2D eigenvalue weighted by atomic mass is 16.5. The van der Waals surface area contributed by atoms with E-state index in [1.165, 1.54) is 12.7 Å². The van der Waals surface area contributed by atoms with E-state index in [9.17, 15) is 9.59 Å². The van der Waals surface area contributed by atoms with Gasteiger partial charge in [-0.1, -0.05) is 29.8 Å². The summed E-state index contributed by atoms with van der Waals surface area (Å²) in [4.78, 5) is 24.9. The number of aryl methyl sites for hydroxylation is 1. The fourth-order valence-corrected chi connectivity index (χ4v) is 2.16. The number of rotatable bonds is 8. The van der Waals surface area contributed by atoms with Gasteiger partial charge in [-0.3, -0.25) is 4.79 Å². The Hall–Kier alpha value is -2.04. The highest BCUT2D eigenvalue weighted by Crippen LogP contribution is 2.08. The zero-order valence-corrected chi connectivity index (χ0v) is 13.7. The Labute approximate surface area is 132 Å². The van der Waals surface area contributed by atoms with Crippen molar-refractivity contribution in [3.8, 4) is 0 Å². The predicted molar refractivity (Wildman–Crippen MR) is 86.5 cm³/mol. The zero-order chi connectivity index (χ0) is 16.4. The highest BCUT2D eigenvalue weighted by Gasteiger charge is 2.11. The van der Waals surface area contributed by atoms with Crippen LogP contribution in [-0.2, 0) is 16.1 Å². The summed E-state index contributed by atoms with van der Waals surface area (Å²) in [5, 5.41) is 2.90. The minimum atomic E-state index is -0.207. The van der Waals surface area contributed by atoms with E-state index in [2.05, 4.69) is 16.1 Å². The molecule has 0 aromatic heterocycles. The Morgan fingerprint density at radius 3 is 2.68 bits per heavy atom. The van der Waals surface area contributed by atoms with Crippen molar-refractivity contribution in [2.24, 2.45) is 0 Å². The van der Waals surface area contributed by atoms with Gasteiger partial charge in [-0.2, -0.15) is 0 Å². The molecule has 0 saturated carbocycles. The summed E-state index contributed by atoms with van der Waals surface area (Å²) < 4.78 is 4.57. The quantitative estimate of drug-likeness (QED) is 0.593. The maximum Gasteiger partial charge on any atom is 0.317 e. The van der Waals surface area contributed by atoms with Crippen LogP contribution in [-0.4, -0.2) is 37.1 Å². The van der Waals surface area contributed by atoms with E-state index in [0.29, 0.717) is 26.1 Å². The van der Waals surface area contributed by atoms with Crippen LogP contribution in [0.5, 0.6) is 0 Å². The number of methoxy groups -OCH3 is 1. The normalized spacial score (nSPS) is 10.1. The summed E-state index contributed by atoms with van der Waals surface area (Å²) >= 11 is 0. The van der Waals surface area contributed by atoms with Crippen LogP contribution in [0.4, 0.5) is 4.79 Å². The molecule has 0 spiro atoms. The van der Waals surface area contributed by atoms with Crippen molar-refractivity contribution in [1.29, 1.82) is 0 Å². The molecule has 5 heteroatoms. The third-order valence-electron chi connectivity index (χ3n) is 3.44. The molecule has 0 aliphatic heterocycles. The van der Waals surface area contributed by atoms with Crippen LogP contribution in [0.3, 0.4) is 0 Å². The third kappa shape index (κ3) is 6.61. The maximum absolute atomic E-state index is 12.1. The molecule has 22 heavy (non-hydrogen) atoms. The number of carbonyl (C=O) groups excluding carboxylic acids is 2. The van der Waals surface area contributed by atoms with E-state index < -0.39 is 0 Å². The number of nitrogens with zero attached hydrogens (tertiary/aromatic N) is 1. The Kier molecular flexibility index (Phi) is 8.04. The van der Waals surface area contributed by atoms with Gasteiger partial charge in [-0.05, 0) is 32.3 Å². The molecule has 2 amide bonds. The molecule has 0 fully saturated rings. The Morgan fingerprint density at radius 2 is 2.05 bits per heavy atom. The second kappa shape index (κ2) is 9.82. The Bertz CT molecular complexity index is 489. The molecule has 1 aromatic carbocycles. The lowest BCUT2D eigenvalue weighted by Crippen LogP contribution is -2.39. The van der Waals surface area contributed by atoms with Gasteiger partial charge >= 0.3 is 12.0 Å². The smallest absolute Gasteiger partial charge is 0.317 e. The summed E-state index contributed by atoms with van der Waals surface area (Å²) in [6.07, 6.45) is 1.88. The Morgan fingerprint density at radius 1 is 1.27 bits per heavy atom. The second-order valence-corrected chi connectivity index (χ2v) is 5.27. The molecule has 1 N–H and O–H groups in total. The molecule has 122 valence electrons. The van der Waals surface area contributed by atoms with E-state index in [-0.39, 0.29) is 12.0 Å². The van der Waals surface area contributed by atoms with Gasteiger partial charge in [0, 0.05) is 26.1 Å². The first-order valence-electron chi connectivity index (χ1n) is 7.72. The monoisotopic (exact) mass is 306 g/mol. The molecule has 0 aliphatic carbocycles. The van der Waals surface area contributed by atoms with Crippen molar-refractivity contribution in [1.82, 2.24) is 10.2 Å². The van der Waals surface area contributed by atoms with Gasteiger partial charge in [0.25, 0.3) is 0 Å². The van der Waals surface area contributed by atoms with E-state index in [0.717, 1.165) is 18.4 Å². The number of hydrogen-bond acceptors (Lipinski definition) is 3. The molecule has 0 unspecified atom stereocenters. The summed E-state index contributed by atoms with van der Waals surface area (Å²) in [6.45, 7) is 5.84. The third-order valence-corrected chi connectivity index (χ3v) is 3.44. The lowest BCUT2D eigenvalue weighted by Gasteiger charge is -2.21. The van der Waals surface area contributed by atoms with Crippen LogP contribution in [0.2, 0.25) is 0 Å². The number of benzene rings is 1. The van der Waals surface area contributed by atoms with Crippen LogP contribution in [0.1, 0.15) is 37.3 Å². The topological polar surface area (TPSA) is 58.6 Å². The van der Waals surface area contributed by atoms with Gasteiger partial charge in [0.05, 0.1) is 7.11 Å². The van der Waals surface area contributed by atoms with Crippen LogP contribution in [0.15, 0.2) is 24.3 Å². The second-order valence-electron chi connectivity index (χ2n) is 5.27. The zero-order valence-electron chi connectivity index (χ0n) is 13.7. The van der Waals surface area contributed by atoms with Crippen LogP contribution < -0.4 is 5.32 Å². The number of nitrogens with one attached hydrogen (secondary N) is 1. The number of carbonyl (C=O) groups is 2. The van der Waals surface area contributed by atoms with E-state index in [1.807, 2.05) is 32.0 Å². The van der Waals surface area contributed by atoms with Crippen LogP contribution in [0, 0.1) is 6.92 Å². The minimum Gasteiger partial charge on any atom is -0.469 e. The van der Waals surface area contributed by atoms with Crippen molar-refractivity contribution < 1.29 is 14.3 Å². The van der Waals surface area contributed by atoms with Gasteiger partial charge in [-0.15, -0.1) is 0 Å². The average molecular weight is 306 g/mol. The molecular formula is C17H26N2O3. The van der Waals surface area contributed by atoms with E-state index in [4.69, 9.17) is 0 Å². The molecular weight excluding hydrogens is 280 g/mol. The predicted octanol–water partition coefficient (Wildman–Crippen LogP) is 2.87. The average Bonchev–Trinajstić information content (AvgIpc) is 2.51. The first-order chi connectivity index (χ1) is 10.6. The fourth-order valence-electron chi connectivity index (χ4n) is 2.16. The first-order valence-corrected chi connectivity index (χ1v) is 7.72. The molecule has 5 nitrogen and oxygen atoms in total. The lowest BCUT2D eigenvalue weighted by atomic mass is 10.1. The molecule has 1 rings (SSSR count). The van der Waals surface area contributed by atoms with Crippen molar-refractivity contribution in [2.45, 2.75) is 39.7 Å². The molecule has 0 radical (unpaired) electrons. The molecule has 0 atom stereocenters. The van der Waals surface area contributed by atoms with Gasteiger partial charge in [0.15, 0.2) is 0 Å². The highest BCUT2D eigenvalue weighted by molar-refractivity contribution is 5.74. The number of urea groups is 1. The largest absolute Gasteiger partial charge is 0.469 e. The van der Waals surface area contributed by atoms with Crippen molar-refractivity contribution in [3.05, 3.63) is 35.4 Å². The van der Waals surface area contributed by atoms with E-state index in [1.54, 1.807) is 4.90 Å². The summed E-state index contributed by atoms with van der Waals surface area (Å²) in [5.41, 5.74) is 2.32. The first kappa shape index (κ1) is 18.0. The van der Waals surface area contributed by atoms with Gasteiger partial charge in [-0.25, -0.2) is 4.79 Å². The SMILES string of the molecule is CCN(Cc1cccc(C)c1)C(=O)NCCCCC(=O)OC. The number of unbranched alkanes of at least 4 members (excludes halogenated alkanes) is 1. The fraction of sp³-hybridized carbons (Fsp3) is 0.529.